The number of carbonyl (C=O) groups is 6. The zero-order valence-electron chi connectivity index (χ0n) is 48.4. The van der Waals surface area contributed by atoms with Gasteiger partial charge < -0.3 is 62.1 Å². The van der Waals surface area contributed by atoms with Crippen molar-refractivity contribution in [1.29, 1.82) is 0 Å². The van der Waals surface area contributed by atoms with Crippen molar-refractivity contribution in [2.45, 2.75) is 198 Å². The highest BCUT2D eigenvalue weighted by Gasteiger charge is 2.44. The summed E-state index contributed by atoms with van der Waals surface area (Å²) in [4.78, 5) is 73.4. The fraction of sp³-hybridized carbons (Fsp3) is 0.818. The zero-order chi connectivity index (χ0) is 56.7. The molecule has 0 spiro atoms. The molecule has 3 amide bonds. The topological polar surface area (TPSA) is 231 Å². The number of hydrogen-bond donors (Lipinski definition) is 3. The molecule has 77 heavy (non-hydrogen) atoms. The van der Waals surface area contributed by atoms with Crippen molar-refractivity contribution in [2.24, 2.45) is 21.7 Å². The summed E-state index contributed by atoms with van der Waals surface area (Å²) in [5, 5.41) is 8.88. The number of ether oxygens (including phenoxy) is 8. The van der Waals surface area contributed by atoms with Gasteiger partial charge in [0.25, 0.3) is 0 Å². The Morgan fingerprint density at radius 1 is 0.506 bits per heavy atom. The third kappa shape index (κ3) is 32.8. The van der Waals surface area contributed by atoms with Crippen LogP contribution in [0, 0.1) is 21.7 Å². The molecule has 0 bridgehead atoms. The second-order valence-electron chi connectivity index (χ2n) is 24.7. The minimum absolute atomic E-state index is 0. The van der Waals surface area contributed by atoms with E-state index in [1.54, 1.807) is 13.8 Å². The fourth-order valence-electron chi connectivity index (χ4n) is 11.1. The fourth-order valence-corrected chi connectivity index (χ4v) is 25.1. The number of alkyl carbamates (subject to hydrolysis) is 3. The lowest BCUT2D eigenvalue weighted by Gasteiger charge is -2.46. The molecule has 2 saturated carbocycles. The van der Waals surface area contributed by atoms with Gasteiger partial charge in [-0.2, -0.15) is 0 Å². The lowest BCUT2D eigenvalue weighted by atomic mass is 9.61. The lowest BCUT2D eigenvalue weighted by Crippen LogP contribution is -2.52. The molecule has 2 rings (SSSR count). The van der Waals surface area contributed by atoms with Crippen molar-refractivity contribution in [2.75, 3.05) is 72.6 Å². The van der Waals surface area contributed by atoms with Crippen LogP contribution < -0.4 is 16.0 Å². The Labute approximate surface area is 466 Å². The molecular formula is C55H105N3O16Si3. The SMILES string of the molecule is C.C.C=C(C)C(=O)OCCOC(=O)CCC1(C)CC(NC(=O)OCCOCCC[Si](C)(C)O[Si](C)(C)O[Si](C)(C)CCCOCCOC(=O)NC2CC(C)(C)CC(C)(CNC(=O)OCCOC(=O)C(=C)C)C2)CC(C)(C)C1. The zero-order valence-corrected chi connectivity index (χ0v) is 51.4. The molecule has 2 aliphatic rings. The maximum absolute atomic E-state index is 12.8. The predicted octanol–water partition coefficient (Wildman–Crippen LogP) is 11.1. The minimum atomic E-state index is -2.44. The van der Waals surface area contributed by atoms with Crippen LogP contribution in [-0.4, -0.2) is 146 Å². The van der Waals surface area contributed by atoms with Gasteiger partial charge in [-0.05, 0) is 145 Å². The van der Waals surface area contributed by atoms with Gasteiger partial charge in [-0.15, -0.1) is 0 Å². The molecule has 2 fully saturated rings. The molecule has 0 aliphatic heterocycles. The first kappa shape index (κ1) is 73.2. The van der Waals surface area contributed by atoms with Gasteiger partial charge in [0.2, 0.25) is 0 Å². The van der Waals surface area contributed by atoms with E-state index in [0.29, 0.717) is 39.0 Å². The van der Waals surface area contributed by atoms with E-state index >= 15 is 0 Å². The number of hydrogen-bond acceptors (Lipinski definition) is 16. The van der Waals surface area contributed by atoms with Gasteiger partial charge in [0.15, 0.2) is 16.6 Å². The van der Waals surface area contributed by atoms with Crippen molar-refractivity contribution >= 4 is 61.4 Å². The van der Waals surface area contributed by atoms with Crippen LogP contribution in [0.5, 0.6) is 0 Å². The summed E-state index contributed by atoms with van der Waals surface area (Å²) in [5.41, 5.74) is -0.0594. The van der Waals surface area contributed by atoms with Crippen LogP contribution in [0.1, 0.15) is 134 Å². The molecule has 4 unspecified atom stereocenters. The summed E-state index contributed by atoms with van der Waals surface area (Å²) in [7, 11) is -6.60. The van der Waals surface area contributed by atoms with Crippen molar-refractivity contribution in [3.05, 3.63) is 24.3 Å². The summed E-state index contributed by atoms with van der Waals surface area (Å²) < 4.78 is 56.6. The van der Waals surface area contributed by atoms with Crippen LogP contribution in [0.15, 0.2) is 24.3 Å². The lowest BCUT2D eigenvalue weighted by molar-refractivity contribution is -0.150. The summed E-state index contributed by atoms with van der Waals surface area (Å²) in [5.74, 6) is -1.40. The second-order valence-corrected chi connectivity index (χ2v) is 37.1. The largest absolute Gasteiger partial charge is 0.462 e. The average molecular weight is 1150 g/mol. The van der Waals surface area contributed by atoms with Crippen LogP contribution in [0.25, 0.3) is 0 Å². The highest BCUT2D eigenvalue weighted by Crippen LogP contribution is 2.49. The Bertz CT molecular complexity index is 1770. The Balaban J connectivity index is 0.0000289. The molecule has 0 radical (unpaired) electrons. The summed E-state index contributed by atoms with van der Waals surface area (Å²) in [6.07, 6.45) is 5.56. The van der Waals surface area contributed by atoms with E-state index in [2.05, 4.69) is 110 Å². The quantitative estimate of drug-likeness (QED) is 0.0182. The summed E-state index contributed by atoms with van der Waals surface area (Å²) in [6, 6.07) is 1.56. The molecular weight excluding hydrogens is 1040 g/mol. The Kier molecular flexibility index (Phi) is 32.0. The van der Waals surface area contributed by atoms with E-state index in [9.17, 15) is 28.8 Å². The smallest absolute Gasteiger partial charge is 0.407 e. The molecule has 2 aliphatic carbocycles. The van der Waals surface area contributed by atoms with E-state index in [1.165, 1.54) is 0 Å². The monoisotopic (exact) mass is 1150 g/mol. The molecule has 0 aromatic rings. The van der Waals surface area contributed by atoms with Gasteiger partial charge in [-0.3, -0.25) is 4.79 Å². The number of amides is 3. The highest BCUT2D eigenvalue weighted by molar-refractivity contribution is 6.87. The molecule has 22 heteroatoms. The normalized spacial score (nSPS) is 20.9. The van der Waals surface area contributed by atoms with Gasteiger partial charge in [0.05, 0.1) is 13.2 Å². The van der Waals surface area contributed by atoms with Crippen molar-refractivity contribution < 1.29 is 74.9 Å². The first-order valence-corrected chi connectivity index (χ1v) is 35.8. The number of carbonyl (C=O) groups excluding carboxylic acids is 6. The molecule has 3 N–H and O–H groups in total. The molecule has 19 nitrogen and oxygen atoms in total. The summed E-state index contributed by atoms with van der Waals surface area (Å²) in [6.45, 7) is 38.2. The minimum Gasteiger partial charge on any atom is -0.462 e. The highest BCUT2D eigenvalue weighted by atomic mass is 28.5. The molecule has 4 atom stereocenters. The first-order valence-electron chi connectivity index (χ1n) is 26.8. The van der Waals surface area contributed by atoms with E-state index in [1.807, 2.05) is 0 Å². The van der Waals surface area contributed by atoms with E-state index in [0.717, 1.165) is 50.6 Å². The molecule has 0 heterocycles. The van der Waals surface area contributed by atoms with Gasteiger partial charge >= 0.3 is 44.7 Å². The van der Waals surface area contributed by atoms with Crippen LogP contribution in [-0.2, 0) is 60.5 Å². The molecule has 0 saturated heterocycles. The van der Waals surface area contributed by atoms with Gasteiger partial charge in [-0.25, -0.2) is 24.0 Å². The van der Waals surface area contributed by atoms with Crippen LogP contribution in [0.4, 0.5) is 14.4 Å². The van der Waals surface area contributed by atoms with Crippen LogP contribution in [0.2, 0.25) is 51.4 Å². The number of esters is 3. The number of rotatable bonds is 33. The third-order valence-corrected chi connectivity index (χ3v) is 24.5. The first-order chi connectivity index (χ1) is 34.6. The van der Waals surface area contributed by atoms with Crippen molar-refractivity contribution in [3.63, 3.8) is 0 Å². The summed E-state index contributed by atoms with van der Waals surface area (Å²) >= 11 is 0. The molecule has 448 valence electrons. The molecule has 0 aromatic heterocycles. The van der Waals surface area contributed by atoms with E-state index < -0.39 is 55.4 Å². The second kappa shape index (κ2) is 33.7. The predicted molar refractivity (Wildman–Crippen MR) is 308 cm³/mol. The maximum atomic E-state index is 12.8. The van der Waals surface area contributed by atoms with E-state index in [4.69, 9.17) is 46.1 Å². The van der Waals surface area contributed by atoms with Crippen LogP contribution >= 0.6 is 0 Å². The standard InChI is InChI=1S/C53H97N3O16Si3.2CH4/c1-40(2)45(58)66-28-27-65-44(57)19-20-52(9)35-42(33-50(5,6)37-52)55-48(61)69-25-23-63-21-17-31-73(11,12)71-75(15,16)72-74(13,14)32-18-22-64-24-26-70-49(62)56-43-34-51(7,8)38-53(10,36-43)39-54-47(60)68-30-29-67-46(59)41(3)4;;/h42-43H,1,3,17-39H2,2,4-16H3,(H,54,60)(H,55,61)(H,56,62);2*1H4. The van der Waals surface area contributed by atoms with Crippen LogP contribution in [0.3, 0.4) is 0 Å². The Morgan fingerprint density at radius 2 is 0.883 bits per heavy atom. The maximum Gasteiger partial charge on any atom is 0.407 e. The average Bonchev–Trinajstić information content (AvgIpc) is 3.24. The van der Waals surface area contributed by atoms with Gasteiger partial charge in [0, 0.05) is 49.4 Å². The Hall–Kier alpha value is -3.81. The molecule has 0 aromatic carbocycles. The Morgan fingerprint density at radius 3 is 1.32 bits per heavy atom. The number of nitrogens with one attached hydrogen (secondary N) is 3. The van der Waals surface area contributed by atoms with E-state index in [-0.39, 0.29) is 125 Å². The van der Waals surface area contributed by atoms with Gasteiger partial charge in [-0.1, -0.05) is 69.6 Å². The van der Waals surface area contributed by atoms with Crippen molar-refractivity contribution in [1.82, 2.24) is 16.0 Å². The van der Waals surface area contributed by atoms with Gasteiger partial charge in [0.1, 0.15) is 39.6 Å². The van der Waals surface area contributed by atoms with Crippen molar-refractivity contribution in [3.8, 4) is 0 Å². The third-order valence-electron chi connectivity index (χ3n) is 13.1.